The Bertz CT molecular complexity index is 935. The van der Waals surface area contributed by atoms with Gasteiger partial charge < -0.3 is 10.1 Å². The molecule has 3 aromatic carbocycles. The van der Waals surface area contributed by atoms with E-state index in [1.54, 1.807) is 12.1 Å². The van der Waals surface area contributed by atoms with Gasteiger partial charge in [0.2, 0.25) is 0 Å². The third kappa shape index (κ3) is 5.19. The largest absolute Gasteiger partial charge is 0.455 e. The topological polar surface area (TPSA) is 62.7 Å². The number of aryl methyl sites for hydroxylation is 1. The summed E-state index contributed by atoms with van der Waals surface area (Å²) >= 11 is 0. The molecule has 0 bridgehead atoms. The molecule has 0 aromatic heterocycles. The molecule has 2 amide bonds. The number of anilines is 1. The fraction of sp³-hybridized carbons (Fsp3) is 0.0909. The van der Waals surface area contributed by atoms with E-state index in [9.17, 15) is 4.79 Å². The van der Waals surface area contributed by atoms with Gasteiger partial charge in [0.1, 0.15) is 5.75 Å². The number of benzene rings is 3. The number of ether oxygens (including phenoxy) is 1. The first-order valence-electron chi connectivity index (χ1n) is 8.62. The van der Waals surface area contributed by atoms with Crippen LogP contribution in [0.2, 0.25) is 0 Å². The highest BCUT2D eigenvalue weighted by Crippen LogP contribution is 2.28. The highest BCUT2D eigenvalue weighted by Gasteiger charge is 2.08. The van der Waals surface area contributed by atoms with Gasteiger partial charge in [0.25, 0.3) is 0 Å². The van der Waals surface area contributed by atoms with Gasteiger partial charge in [0.15, 0.2) is 5.75 Å². The Labute approximate surface area is 158 Å². The normalized spacial score (nSPS) is 11.0. The maximum atomic E-state index is 12.2. The molecule has 5 heteroatoms. The maximum absolute atomic E-state index is 12.2. The maximum Gasteiger partial charge on any atom is 0.339 e. The number of nitrogens with one attached hydrogen (secondary N) is 2. The molecule has 27 heavy (non-hydrogen) atoms. The van der Waals surface area contributed by atoms with E-state index >= 15 is 0 Å². The van der Waals surface area contributed by atoms with Crippen LogP contribution < -0.4 is 15.5 Å². The van der Waals surface area contributed by atoms with Crippen LogP contribution in [-0.4, -0.2) is 11.7 Å². The Morgan fingerprint density at radius 2 is 1.56 bits per heavy atom. The van der Waals surface area contributed by atoms with Crippen LogP contribution in [0.25, 0.3) is 0 Å². The smallest absolute Gasteiger partial charge is 0.339 e. The molecule has 0 fully saturated rings. The number of hydrogen-bond donors (Lipinski definition) is 2. The van der Waals surface area contributed by atoms with E-state index in [1.807, 2.05) is 80.6 Å². The number of nitrogens with zero attached hydrogens (tertiary/aromatic N) is 1. The van der Waals surface area contributed by atoms with Gasteiger partial charge in [0, 0.05) is 0 Å². The van der Waals surface area contributed by atoms with Crippen molar-refractivity contribution < 1.29 is 9.53 Å². The van der Waals surface area contributed by atoms with Crippen molar-refractivity contribution in [1.82, 2.24) is 5.43 Å². The average Bonchev–Trinajstić information content (AvgIpc) is 2.69. The number of carbonyl (C=O) groups is 1. The van der Waals surface area contributed by atoms with Crippen LogP contribution in [-0.2, 0) is 0 Å². The highest BCUT2D eigenvalue weighted by atomic mass is 16.5. The first kappa shape index (κ1) is 18.2. The van der Waals surface area contributed by atoms with Gasteiger partial charge in [-0.1, -0.05) is 60.2 Å². The number of rotatable bonds is 5. The molecule has 3 aromatic rings. The second-order valence-corrected chi connectivity index (χ2v) is 6.04. The van der Waals surface area contributed by atoms with Gasteiger partial charge in [-0.15, -0.1) is 0 Å². The Balaban J connectivity index is 1.66. The summed E-state index contributed by atoms with van der Waals surface area (Å²) in [5.74, 6) is 1.25. The van der Waals surface area contributed by atoms with Crippen molar-refractivity contribution in [3.8, 4) is 11.5 Å². The quantitative estimate of drug-likeness (QED) is 0.477. The summed E-state index contributed by atoms with van der Waals surface area (Å²) in [6, 6.07) is 24.2. The summed E-state index contributed by atoms with van der Waals surface area (Å²) in [7, 11) is 0. The second-order valence-electron chi connectivity index (χ2n) is 6.04. The lowest BCUT2D eigenvalue weighted by molar-refractivity contribution is 0.252. The van der Waals surface area contributed by atoms with E-state index in [1.165, 1.54) is 5.56 Å². The zero-order chi connectivity index (χ0) is 19.1. The first-order valence-corrected chi connectivity index (χ1v) is 8.62. The van der Waals surface area contributed by atoms with Gasteiger partial charge in [-0.05, 0) is 43.7 Å². The second kappa shape index (κ2) is 8.67. The molecule has 3 rings (SSSR count). The van der Waals surface area contributed by atoms with Crippen molar-refractivity contribution in [2.75, 3.05) is 5.32 Å². The molecule has 0 aliphatic heterocycles. The zero-order valence-corrected chi connectivity index (χ0v) is 15.3. The van der Waals surface area contributed by atoms with E-state index < -0.39 is 6.03 Å². The van der Waals surface area contributed by atoms with Gasteiger partial charge in [-0.3, -0.25) is 0 Å². The van der Waals surface area contributed by atoms with Crippen molar-refractivity contribution in [2.24, 2.45) is 5.10 Å². The molecule has 0 unspecified atom stereocenters. The highest BCUT2D eigenvalue weighted by molar-refractivity contribution is 6.00. The Hall–Kier alpha value is -3.60. The Morgan fingerprint density at radius 3 is 2.30 bits per heavy atom. The number of amides is 2. The molecule has 0 aliphatic carbocycles. The van der Waals surface area contributed by atoms with Crippen molar-refractivity contribution >= 4 is 17.4 Å². The molecule has 0 radical (unpaired) electrons. The van der Waals surface area contributed by atoms with Crippen molar-refractivity contribution in [1.29, 1.82) is 0 Å². The minimum absolute atomic E-state index is 0.439. The molecular weight excluding hydrogens is 338 g/mol. The van der Waals surface area contributed by atoms with Crippen LogP contribution in [0.4, 0.5) is 10.5 Å². The summed E-state index contributed by atoms with van der Waals surface area (Å²) in [4.78, 5) is 12.2. The lowest BCUT2D eigenvalue weighted by Crippen LogP contribution is -2.25. The summed E-state index contributed by atoms with van der Waals surface area (Å²) in [5, 5.41) is 6.91. The predicted octanol–water partition coefficient (Wildman–Crippen LogP) is 5.33. The van der Waals surface area contributed by atoms with Crippen LogP contribution in [0, 0.1) is 6.92 Å². The van der Waals surface area contributed by atoms with E-state index in [0.29, 0.717) is 17.2 Å². The van der Waals surface area contributed by atoms with Crippen molar-refractivity contribution in [2.45, 2.75) is 13.8 Å². The van der Waals surface area contributed by atoms with E-state index in [2.05, 4.69) is 15.8 Å². The lowest BCUT2D eigenvalue weighted by Gasteiger charge is -2.12. The van der Waals surface area contributed by atoms with Crippen LogP contribution in [0.3, 0.4) is 0 Å². The van der Waals surface area contributed by atoms with Crippen molar-refractivity contribution in [3.63, 3.8) is 0 Å². The van der Waals surface area contributed by atoms with Crippen molar-refractivity contribution in [3.05, 3.63) is 90.0 Å². The molecule has 2 N–H and O–H groups in total. The molecule has 0 heterocycles. The van der Waals surface area contributed by atoms with Gasteiger partial charge in [-0.2, -0.15) is 5.10 Å². The molecule has 5 nitrogen and oxygen atoms in total. The first-order chi connectivity index (χ1) is 13.1. The SMILES string of the molecule is C/C(=N\NC(=O)Nc1ccccc1Oc1ccccc1)c1ccc(C)cc1. The van der Waals surface area contributed by atoms with E-state index in [4.69, 9.17) is 4.74 Å². The molecule has 136 valence electrons. The minimum atomic E-state index is -0.439. The lowest BCUT2D eigenvalue weighted by atomic mass is 10.1. The summed E-state index contributed by atoms with van der Waals surface area (Å²) in [6.45, 7) is 3.87. The molecule has 0 aliphatic rings. The van der Waals surface area contributed by atoms with Gasteiger partial charge in [-0.25, -0.2) is 10.2 Å². The number of hydrazone groups is 1. The number of carbonyl (C=O) groups excluding carboxylic acids is 1. The van der Waals surface area contributed by atoms with Crippen LogP contribution in [0.5, 0.6) is 11.5 Å². The molecule has 0 atom stereocenters. The monoisotopic (exact) mass is 359 g/mol. The van der Waals surface area contributed by atoms with E-state index in [0.717, 1.165) is 11.3 Å². The molecule has 0 saturated carbocycles. The molecular formula is C22H21N3O2. The number of hydrogen-bond acceptors (Lipinski definition) is 3. The van der Waals surface area contributed by atoms with Crippen LogP contribution in [0.1, 0.15) is 18.1 Å². The summed E-state index contributed by atoms with van der Waals surface area (Å²) in [6.07, 6.45) is 0. The molecule has 0 spiro atoms. The minimum Gasteiger partial charge on any atom is -0.455 e. The fourth-order valence-electron chi connectivity index (χ4n) is 2.42. The summed E-state index contributed by atoms with van der Waals surface area (Å²) in [5.41, 5.74) is 5.92. The Morgan fingerprint density at radius 1 is 0.889 bits per heavy atom. The number of para-hydroxylation sites is 3. The van der Waals surface area contributed by atoms with Crippen LogP contribution in [0.15, 0.2) is 84.0 Å². The third-order valence-electron chi connectivity index (χ3n) is 3.90. The standard InChI is InChI=1S/C22H21N3O2/c1-16-12-14-18(15-13-16)17(2)24-25-22(26)23-20-10-6-7-11-21(20)27-19-8-4-3-5-9-19/h3-15H,1-2H3,(H2,23,25,26)/b24-17+. The number of urea groups is 1. The van der Waals surface area contributed by atoms with Gasteiger partial charge in [0.05, 0.1) is 11.4 Å². The van der Waals surface area contributed by atoms with Crippen LogP contribution >= 0.6 is 0 Å². The predicted molar refractivity (Wildman–Crippen MR) is 109 cm³/mol. The fourth-order valence-corrected chi connectivity index (χ4v) is 2.42. The third-order valence-corrected chi connectivity index (χ3v) is 3.90. The summed E-state index contributed by atoms with van der Waals surface area (Å²) < 4.78 is 5.84. The van der Waals surface area contributed by atoms with E-state index in [-0.39, 0.29) is 0 Å². The zero-order valence-electron chi connectivity index (χ0n) is 15.3. The molecule has 0 saturated heterocycles. The Kier molecular flexibility index (Phi) is 5.84. The van der Waals surface area contributed by atoms with Gasteiger partial charge >= 0.3 is 6.03 Å². The average molecular weight is 359 g/mol.